The van der Waals surface area contributed by atoms with Crippen molar-refractivity contribution in [1.82, 2.24) is 15.3 Å². The third-order valence-corrected chi connectivity index (χ3v) is 6.04. The minimum Gasteiger partial charge on any atom is -0.355 e. The Morgan fingerprint density at radius 3 is 2.91 bits per heavy atom. The first-order valence-electron chi connectivity index (χ1n) is 9.37. The summed E-state index contributed by atoms with van der Waals surface area (Å²) in [4.78, 5) is 11.7. The van der Waals surface area contributed by atoms with Crippen LogP contribution in [-0.2, 0) is 0 Å². The summed E-state index contributed by atoms with van der Waals surface area (Å²) in [6, 6.07) is 3.17. The maximum Gasteiger partial charge on any atom is 0.224 e. The van der Waals surface area contributed by atoms with Gasteiger partial charge in [-0.15, -0.1) is 0 Å². The van der Waals surface area contributed by atoms with E-state index in [1.165, 1.54) is 45.1 Å². The summed E-state index contributed by atoms with van der Waals surface area (Å²) < 4.78 is 0. The smallest absolute Gasteiger partial charge is 0.224 e. The van der Waals surface area contributed by atoms with E-state index in [2.05, 4.69) is 33.5 Å². The molecule has 5 nitrogen and oxygen atoms in total. The Bertz CT molecular complexity index is 516. The van der Waals surface area contributed by atoms with Crippen molar-refractivity contribution in [3.05, 3.63) is 12.3 Å². The second-order valence-electron chi connectivity index (χ2n) is 7.58. The van der Waals surface area contributed by atoms with Crippen LogP contribution in [0.1, 0.15) is 45.4 Å². The van der Waals surface area contributed by atoms with Crippen molar-refractivity contribution in [1.29, 1.82) is 0 Å². The van der Waals surface area contributed by atoms with Crippen LogP contribution in [-0.4, -0.2) is 41.7 Å². The Kier molecular flexibility index (Phi) is 4.38. The van der Waals surface area contributed by atoms with Crippen molar-refractivity contribution in [2.24, 2.45) is 11.8 Å². The fraction of sp³-hybridized carbons (Fsp3) is 0.778. The lowest BCUT2D eigenvalue weighted by Gasteiger charge is -2.28. The zero-order valence-corrected chi connectivity index (χ0v) is 14.2. The van der Waals surface area contributed by atoms with Gasteiger partial charge in [-0.1, -0.05) is 19.3 Å². The molecule has 0 radical (unpaired) electrons. The molecule has 0 spiro atoms. The second kappa shape index (κ2) is 6.63. The SMILES string of the molecule is C[C@@H](Nc1nccc(N2CC3CCN[C@H]3C2)n1)C1CCCCC1. The Hall–Kier alpha value is -1.36. The number of nitrogens with zero attached hydrogens (tertiary/aromatic N) is 3. The molecule has 2 aliphatic heterocycles. The minimum atomic E-state index is 0.463. The van der Waals surface area contributed by atoms with Gasteiger partial charge in [-0.05, 0) is 50.6 Å². The summed E-state index contributed by atoms with van der Waals surface area (Å²) in [6.45, 7) is 5.68. The number of anilines is 2. The second-order valence-corrected chi connectivity index (χ2v) is 7.58. The molecular formula is C18H29N5. The van der Waals surface area contributed by atoms with Gasteiger partial charge in [-0.3, -0.25) is 0 Å². The van der Waals surface area contributed by atoms with Crippen molar-refractivity contribution in [2.45, 2.75) is 57.5 Å². The Morgan fingerprint density at radius 2 is 2.09 bits per heavy atom. The molecule has 3 aliphatic rings. The van der Waals surface area contributed by atoms with Gasteiger partial charge in [0.25, 0.3) is 0 Å². The lowest BCUT2D eigenvalue weighted by atomic mass is 9.85. The van der Waals surface area contributed by atoms with Crippen molar-refractivity contribution in [3.63, 3.8) is 0 Å². The maximum atomic E-state index is 4.79. The van der Waals surface area contributed by atoms with Crippen LogP contribution in [0.3, 0.4) is 0 Å². The van der Waals surface area contributed by atoms with E-state index in [-0.39, 0.29) is 0 Å². The van der Waals surface area contributed by atoms with Crippen LogP contribution in [0.15, 0.2) is 12.3 Å². The van der Waals surface area contributed by atoms with E-state index in [4.69, 9.17) is 4.98 Å². The molecule has 0 amide bonds. The highest BCUT2D eigenvalue weighted by Crippen LogP contribution is 2.29. The van der Waals surface area contributed by atoms with E-state index >= 15 is 0 Å². The third-order valence-electron chi connectivity index (χ3n) is 6.04. The maximum absolute atomic E-state index is 4.79. The van der Waals surface area contributed by atoms with E-state index in [0.717, 1.165) is 36.7 Å². The van der Waals surface area contributed by atoms with Gasteiger partial charge in [0.2, 0.25) is 5.95 Å². The number of nitrogens with one attached hydrogen (secondary N) is 2. The van der Waals surface area contributed by atoms with Crippen LogP contribution >= 0.6 is 0 Å². The number of aromatic nitrogens is 2. The molecule has 0 aromatic carbocycles. The van der Waals surface area contributed by atoms with Gasteiger partial charge in [-0.25, -0.2) is 4.98 Å². The van der Waals surface area contributed by atoms with E-state index in [9.17, 15) is 0 Å². The molecule has 2 N–H and O–H groups in total. The molecule has 3 heterocycles. The van der Waals surface area contributed by atoms with Gasteiger partial charge in [0.05, 0.1) is 0 Å². The van der Waals surface area contributed by atoms with Crippen molar-refractivity contribution < 1.29 is 0 Å². The number of fused-ring (bicyclic) bond motifs is 1. The van der Waals surface area contributed by atoms with Crippen molar-refractivity contribution in [2.75, 3.05) is 29.9 Å². The van der Waals surface area contributed by atoms with Gasteiger partial charge >= 0.3 is 0 Å². The van der Waals surface area contributed by atoms with Gasteiger partial charge in [0, 0.05) is 31.4 Å². The lowest BCUT2D eigenvalue weighted by Crippen LogP contribution is -2.31. The molecule has 3 atom stereocenters. The summed E-state index contributed by atoms with van der Waals surface area (Å²) in [7, 11) is 0. The summed E-state index contributed by atoms with van der Waals surface area (Å²) in [5.74, 6) is 3.44. The van der Waals surface area contributed by atoms with Crippen molar-refractivity contribution in [3.8, 4) is 0 Å². The molecule has 1 saturated carbocycles. The van der Waals surface area contributed by atoms with Crippen LogP contribution in [0, 0.1) is 11.8 Å². The van der Waals surface area contributed by atoms with Crippen LogP contribution in [0.5, 0.6) is 0 Å². The van der Waals surface area contributed by atoms with Gasteiger partial charge < -0.3 is 15.5 Å². The van der Waals surface area contributed by atoms with E-state index < -0.39 is 0 Å². The van der Waals surface area contributed by atoms with Gasteiger partial charge in [0.1, 0.15) is 5.82 Å². The molecular weight excluding hydrogens is 286 g/mol. The van der Waals surface area contributed by atoms with Gasteiger partial charge in [0.15, 0.2) is 0 Å². The zero-order valence-electron chi connectivity index (χ0n) is 14.2. The minimum absolute atomic E-state index is 0.463. The highest BCUT2D eigenvalue weighted by molar-refractivity contribution is 5.44. The van der Waals surface area contributed by atoms with E-state index in [0.29, 0.717) is 12.1 Å². The summed E-state index contributed by atoms with van der Waals surface area (Å²) in [6.07, 6.45) is 10.0. The molecule has 2 saturated heterocycles. The summed E-state index contributed by atoms with van der Waals surface area (Å²) in [5, 5.41) is 7.17. The predicted octanol–water partition coefficient (Wildman–Crippen LogP) is 2.66. The fourth-order valence-corrected chi connectivity index (χ4v) is 4.59. The fourth-order valence-electron chi connectivity index (χ4n) is 4.59. The number of hydrogen-bond donors (Lipinski definition) is 2. The largest absolute Gasteiger partial charge is 0.355 e. The van der Waals surface area contributed by atoms with Crippen LogP contribution < -0.4 is 15.5 Å². The molecule has 1 aliphatic carbocycles. The van der Waals surface area contributed by atoms with Crippen LogP contribution in [0.4, 0.5) is 11.8 Å². The average molecular weight is 315 g/mol. The third kappa shape index (κ3) is 3.30. The molecule has 3 fully saturated rings. The summed E-state index contributed by atoms with van der Waals surface area (Å²) in [5.41, 5.74) is 0. The quantitative estimate of drug-likeness (QED) is 0.894. The predicted molar refractivity (Wildman–Crippen MR) is 93.8 cm³/mol. The molecule has 126 valence electrons. The molecule has 23 heavy (non-hydrogen) atoms. The lowest BCUT2D eigenvalue weighted by molar-refractivity contribution is 0.327. The number of hydrogen-bond acceptors (Lipinski definition) is 5. The Labute approximate surface area is 139 Å². The van der Waals surface area contributed by atoms with Crippen molar-refractivity contribution >= 4 is 11.8 Å². The molecule has 1 unspecified atom stereocenters. The molecule has 1 aromatic rings. The topological polar surface area (TPSA) is 53.1 Å². The Balaban J connectivity index is 1.40. The average Bonchev–Trinajstić information content (AvgIpc) is 3.17. The van der Waals surface area contributed by atoms with Crippen LogP contribution in [0.2, 0.25) is 0 Å². The standard InChI is InChI=1S/C18H29N5/c1-13(14-5-3-2-4-6-14)21-18-20-10-8-17(22-18)23-11-15-7-9-19-16(15)12-23/h8,10,13-16,19H,2-7,9,11-12H2,1H3,(H,20,21,22)/t13-,15?,16+/m1/s1. The monoisotopic (exact) mass is 315 g/mol. The first kappa shape index (κ1) is 15.2. The Morgan fingerprint density at radius 1 is 1.22 bits per heavy atom. The first-order valence-corrected chi connectivity index (χ1v) is 9.37. The molecule has 5 heteroatoms. The van der Waals surface area contributed by atoms with E-state index in [1.807, 2.05) is 6.20 Å². The highest BCUT2D eigenvalue weighted by Gasteiger charge is 2.36. The van der Waals surface area contributed by atoms with Crippen LogP contribution in [0.25, 0.3) is 0 Å². The number of rotatable bonds is 4. The molecule has 4 rings (SSSR count). The molecule has 1 aromatic heterocycles. The zero-order chi connectivity index (χ0) is 15.6. The highest BCUT2D eigenvalue weighted by atomic mass is 15.3. The van der Waals surface area contributed by atoms with Gasteiger partial charge in [-0.2, -0.15) is 4.98 Å². The molecule has 0 bridgehead atoms. The first-order chi connectivity index (χ1) is 11.3. The normalized spacial score (nSPS) is 29.5. The van der Waals surface area contributed by atoms with E-state index in [1.54, 1.807) is 0 Å². The summed E-state index contributed by atoms with van der Waals surface area (Å²) >= 11 is 0.